The fourth-order valence-electron chi connectivity index (χ4n) is 5.45. The molecule has 0 saturated carbocycles. The number of nitrogens with one attached hydrogen (secondary N) is 1. The zero-order valence-corrected chi connectivity index (χ0v) is 16.4. The lowest BCUT2D eigenvalue weighted by Crippen LogP contribution is -2.38. The van der Waals surface area contributed by atoms with Crippen molar-refractivity contribution < 1.29 is 13.2 Å². The van der Waals surface area contributed by atoms with Gasteiger partial charge >= 0.3 is 6.18 Å². The number of nitriles is 1. The maximum absolute atomic E-state index is 13.9. The van der Waals surface area contributed by atoms with E-state index in [0.717, 1.165) is 26.2 Å². The molecule has 3 aliphatic rings. The molecular weight excluding hydrogens is 393 g/mol. The molecule has 4 atom stereocenters. The van der Waals surface area contributed by atoms with Crippen LogP contribution in [-0.4, -0.2) is 66.9 Å². The predicted octanol–water partition coefficient (Wildman–Crippen LogP) is 2.27. The summed E-state index contributed by atoms with van der Waals surface area (Å²) in [6.07, 6.45) is -1.24. The number of likely N-dealkylation sites (tertiary alicyclic amines) is 1. The van der Waals surface area contributed by atoms with E-state index < -0.39 is 18.0 Å². The van der Waals surface area contributed by atoms with Crippen molar-refractivity contribution in [1.29, 1.82) is 5.26 Å². The van der Waals surface area contributed by atoms with Crippen LogP contribution in [-0.2, 0) is 0 Å². The van der Waals surface area contributed by atoms with Gasteiger partial charge in [-0.25, -0.2) is 0 Å². The van der Waals surface area contributed by atoms with Crippen molar-refractivity contribution in [1.82, 2.24) is 20.2 Å². The van der Waals surface area contributed by atoms with Gasteiger partial charge < -0.3 is 15.1 Å². The Bertz CT molecular complexity index is 975. The summed E-state index contributed by atoms with van der Waals surface area (Å²) in [7, 11) is 0. The van der Waals surface area contributed by atoms with E-state index in [1.54, 1.807) is 17.0 Å². The second-order valence-electron chi connectivity index (χ2n) is 8.71. The molecule has 3 fully saturated rings. The fraction of sp³-hybridized carbons (Fsp3) is 0.571. The van der Waals surface area contributed by atoms with Crippen LogP contribution in [0, 0.1) is 35.0 Å². The van der Waals surface area contributed by atoms with Crippen molar-refractivity contribution >= 4 is 16.7 Å². The molecule has 158 valence electrons. The molecule has 5 rings (SSSR count). The minimum absolute atomic E-state index is 0.0893. The van der Waals surface area contributed by atoms with Gasteiger partial charge in [0.15, 0.2) is 0 Å². The Hall–Kier alpha value is -2.44. The van der Waals surface area contributed by atoms with Crippen molar-refractivity contribution in [2.75, 3.05) is 50.7 Å². The largest absolute Gasteiger partial charge is 0.393 e. The summed E-state index contributed by atoms with van der Waals surface area (Å²) in [4.78, 5) is 12.6. The lowest BCUT2D eigenvalue weighted by molar-refractivity contribution is -0.180. The lowest BCUT2D eigenvalue weighted by atomic mass is 9.95. The monoisotopic (exact) mass is 416 g/mol. The van der Waals surface area contributed by atoms with Crippen LogP contribution in [0.1, 0.15) is 5.56 Å². The van der Waals surface area contributed by atoms with Gasteiger partial charge in [-0.3, -0.25) is 9.97 Å². The minimum atomic E-state index is -4.25. The second-order valence-corrected chi connectivity index (χ2v) is 8.71. The summed E-state index contributed by atoms with van der Waals surface area (Å²) in [6, 6.07) is 5.41. The average Bonchev–Trinajstić information content (AvgIpc) is 3.42. The maximum atomic E-state index is 13.9. The Morgan fingerprint density at radius 3 is 2.40 bits per heavy atom. The van der Waals surface area contributed by atoms with Gasteiger partial charge in [-0.2, -0.15) is 18.4 Å². The molecular formula is C21H23F3N6. The number of hydrogen-bond donors (Lipinski definition) is 1. The van der Waals surface area contributed by atoms with E-state index in [2.05, 4.69) is 26.3 Å². The van der Waals surface area contributed by atoms with Crippen molar-refractivity contribution in [3.05, 3.63) is 30.1 Å². The number of halogens is 3. The molecule has 2 unspecified atom stereocenters. The average molecular weight is 416 g/mol. The van der Waals surface area contributed by atoms with Crippen molar-refractivity contribution in [3.63, 3.8) is 0 Å². The van der Waals surface area contributed by atoms with E-state index in [1.807, 2.05) is 0 Å². The topological polar surface area (TPSA) is 68.1 Å². The van der Waals surface area contributed by atoms with Gasteiger partial charge in [0.1, 0.15) is 17.1 Å². The molecule has 0 spiro atoms. The molecule has 4 heterocycles. The molecule has 0 radical (unpaired) electrons. The Morgan fingerprint density at radius 2 is 1.73 bits per heavy atom. The Morgan fingerprint density at radius 1 is 1.03 bits per heavy atom. The fourth-order valence-corrected chi connectivity index (χ4v) is 5.45. The van der Waals surface area contributed by atoms with Crippen LogP contribution in [0.2, 0.25) is 0 Å². The first kappa shape index (κ1) is 19.5. The summed E-state index contributed by atoms with van der Waals surface area (Å²) < 4.78 is 41.7. The maximum Gasteiger partial charge on any atom is 0.393 e. The number of aromatic nitrogens is 2. The molecule has 1 N–H and O–H groups in total. The molecule has 1 aromatic heterocycles. The molecule has 9 heteroatoms. The molecule has 0 amide bonds. The number of fused-ring (bicyclic) bond motifs is 2. The zero-order chi connectivity index (χ0) is 20.9. The molecule has 3 saturated heterocycles. The van der Waals surface area contributed by atoms with Crippen LogP contribution in [0.5, 0.6) is 0 Å². The van der Waals surface area contributed by atoms with E-state index in [-0.39, 0.29) is 6.54 Å². The molecule has 2 aromatic rings. The first-order valence-electron chi connectivity index (χ1n) is 10.3. The van der Waals surface area contributed by atoms with Crippen LogP contribution < -0.4 is 10.2 Å². The van der Waals surface area contributed by atoms with E-state index in [4.69, 9.17) is 0 Å². The third kappa shape index (κ3) is 3.38. The number of hydrogen-bond acceptors (Lipinski definition) is 6. The highest BCUT2D eigenvalue weighted by molar-refractivity contribution is 5.92. The molecule has 6 nitrogen and oxygen atoms in total. The number of alkyl halides is 3. The number of rotatable bonds is 3. The van der Waals surface area contributed by atoms with E-state index in [1.165, 1.54) is 12.4 Å². The summed E-state index contributed by atoms with van der Waals surface area (Å²) in [6.45, 7) is 4.40. The number of benzene rings is 1. The van der Waals surface area contributed by atoms with Gasteiger partial charge in [-0.15, -0.1) is 0 Å². The van der Waals surface area contributed by atoms with Gasteiger partial charge in [0.25, 0.3) is 0 Å². The Kier molecular flexibility index (Phi) is 4.79. The van der Waals surface area contributed by atoms with Gasteiger partial charge in [0.2, 0.25) is 0 Å². The molecule has 3 aliphatic heterocycles. The predicted molar refractivity (Wildman–Crippen MR) is 106 cm³/mol. The van der Waals surface area contributed by atoms with E-state index >= 15 is 0 Å². The normalized spacial score (nSPS) is 29.5. The van der Waals surface area contributed by atoms with Crippen LogP contribution >= 0.6 is 0 Å². The summed E-state index contributed by atoms with van der Waals surface area (Å²) in [5.41, 5.74) is 1.92. The molecule has 0 aliphatic carbocycles. The third-order valence-corrected chi connectivity index (χ3v) is 6.88. The summed E-state index contributed by atoms with van der Waals surface area (Å²) in [5, 5.41) is 12.7. The quantitative estimate of drug-likeness (QED) is 0.828. The van der Waals surface area contributed by atoms with Gasteiger partial charge in [-0.1, -0.05) is 0 Å². The Balaban J connectivity index is 1.41. The molecule has 1 aromatic carbocycles. The van der Waals surface area contributed by atoms with Crippen molar-refractivity contribution in [3.8, 4) is 6.07 Å². The van der Waals surface area contributed by atoms with Crippen molar-refractivity contribution in [2.45, 2.75) is 6.18 Å². The zero-order valence-electron chi connectivity index (χ0n) is 16.4. The molecule has 30 heavy (non-hydrogen) atoms. The SMILES string of the molecule is N#Cc1ccc(N2C[C@H](CN3CC4CNCC4C3)[C@@H](C(F)(F)F)C2)c2nccnc12. The lowest BCUT2D eigenvalue weighted by Gasteiger charge is -2.26. The van der Waals surface area contributed by atoms with E-state index in [9.17, 15) is 18.4 Å². The highest BCUT2D eigenvalue weighted by atomic mass is 19.4. The van der Waals surface area contributed by atoms with Crippen LogP contribution in [0.15, 0.2) is 24.5 Å². The standard InChI is InChI=1S/C21H23F3N6/c22-21(23,24)17-12-30(11-16(17)10-29-8-14-6-26-7-15(14)9-29)18-2-1-13(5-25)19-20(18)28-4-3-27-19/h1-4,14-17,26H,6-12H2/t14?,15?,16-,17-/m0/s1. The third-order valence-electron chi connectivity index (χ3n) is 6.88. The molecule has 0 bridgehead atoms. The van der Waals surface area contributed by atoms with Crippen LogP contribution in [0.3, 0.4) is 0 Å². The minimum Gasteiger partial charge on any atom is -0.369 e. The van der Waals surface area contributed by atoms with Gasteiger partial charge in [0.05, 0.1) is 17.2 Å². The van der Waals surface area contributed by atoms with Crippen LogP contribution in [0.25, 0.3) is 11.0 Å². The van der Waals surface area contributed by atoms with Crippen molar-refractivity contribution in [2.24, 2.45) is 23.7 Å². The second kappa shape index (κ2) is 7.36. The Labute approximate surface area is 172 Å². The summed E-state index contributed by atoms with van der Waals surface area (Å²) in [5.74, 6) is -0.744. The van der Waals surface area contributed by atoms with Gasteiger partial charge in [-0.05, 0) is 37.1 Å². The highest BCUT2D eigenvalue weighted by Crippen LogP contribution is 2.41. The first-order valence-corrected chi connectivity index (χ1v) is 10.3. The smallest absolute Gasteiger partial charge is 0.369 e. The number of anilines is 1. The van der Waals surface area contributed by atoms with Crippen LogP contribution in [0.4, 0.5) is 18.9 Å². The summed E-state index contributed by atoms with van der Waals surface area (Å²) >= 11 is 0. The number of nitrogens with zero attached hydrogens (tertiary/aromatic N) is 5. The van der Waals surface area contributed by atoms with E-state index in [0.29, 0.717) is 47.2 Å². The van der Waals surface area contributed by atoms with Gasteiger partial charge in [0, 0.05) is 51.0 Å². The first-order chi connectivity index (χ1) is 14.4. The highest BCUT2D eigenvalue weighted by Gasteiger charge is 2.51.